The number of nitrogens with zero attached hydrogens (tertiary/aromatic N) is 2. The van der Waals surface area contributed by atoms with Gasteiger partial charge in [-0.1, -0.05) is 30.3 Å². The topological polar surface area (TPSA) is 23.6 Å². The van der Waals surface area contributed by atoms with E-state index < -0.39 is 0 Å². The number of hydrogen-bond acceptors (Lipinski definition) is 2. The van der Waals surface area contributed by atoms with Crippen LogP contribution in [0.15, 0.2) is 30.3 Å². The van der Waals surface area contributed by atoms with Crippen LogP contribution in [0.3, 0.4) is 0 Å². The summed E-state index contributed by atoms with van der Waals surface area (Å²) in [6.45, 7) is 1.77. The van der Waals surface area contributed by atoms with Crippen molar-refractivity contribution in [3.05, 3.63) is 35.9 Å². The van der Waals surface area contributed by atoms with Gasteiger partial charge < -0.3 is 9.80 Å². The lowest BCUT2D eigenvalue weighted by atomic mass is 10.1. The van der Waals surface area contributed by atoms with Gasteiger partial charge in [0.25, 0.3) is 0 Å². The molecular weight excluding hydrogens is 212 g/mol. The zero-order chi connectivity index (χ0) is 12.3. The number of carbonyl (C=O) groups excluding carboxylic acids is 1. The van der Waals surface area contributed by atoms with Crippen molar-refractivity contribution in [2.45, 2.75) is 18.9 Å². The molecule has 1 amide bonds. The van der Waals surface area contributed by atoms with Crippen LogP contribution in [-0.4, -0.2) is 48.9 Å². The molecule has 0 radical (unpaired) electrons. The van der Waals surface area contributed by atoms with Crippen LogP contribution in [0.2, 0.25) is 0 Å². The monoisotopic (exact) mass is 232 g/mol. The van der Waals surface area contributed by atoms with Gasteiger partial charge in [-0.15, -0.1) is 0 Å². The minimum absolute atomic E-state index is 0.251. The first kappa shape index (κ1) is 12.1. The number of likely N-dealkylation sites (N-methyl/N-ethyl adjacent to an activating group) is 1. The van der Waals surface area contributed by atoms with Crippen molar-refractivity contribution >= 4 is 5.91 Å². The van der Waals surface area contributed by atoms with Crippen LogP contribution in [0, 0.1) is 0 Å². The molecule has 0 aliphatic carbocycles. The molecule has 1 saturated heterocycles. The van der Waals surface area contributed by atoms with E-state index in [4.69, 9.17) is 0 Å². The van der Waals surface area contributed by atoms with Crippen LogP contribution in [-0.2, 0) is 11.2 Å². The standard InChI is InChI=1S/C14H20N2O/c1-15(2)13-8-9-16(11-13)14(17)10-12-6-4-3-5-7-12/h3-7,13H,8-11H2,1-2H3/t13-/m0/s1. The van der Waals surface area contributed by atoms with E-state index in [1.165, 1.54) is 0 Å². The summed E-state index contributed by atoms with van der Waals surface area (Å²) in [7, 11) is 4.16. The highest BCUT2D eigenvalue weighted by Crippen LogP contribution is 2.14. The second-order valence-corrected chi connectivity index (χ2v) is 4.91. The van der Waals surface area contributed by atoms with Crippen molar-refractivity contribution in [1.82, 2.24) is 9.80 Å². The fraction of sp³-hybridized carbons (Fsp3) is 0.500. The fourth-order valence-corrected chi connectivity index (χ4v) is 2.27. The molecule has 0 aromatic heterocycles. The molecule has 1 heterocycles. The highest BCUT2D eigenvalue weighted by molar-refractivity contribution is 5.79. The minimum Gasteiger partial charge on any atom is -0.341 e. The Bertz CT molecular complexity index is 375. The summed E-state index contributed by atoms with van der Waals surface area (Å²) in [5.41, 5.74) is 1.10. The summed E-state index contributed by atoms with van der Waals surface area (Å²) in [4.78, 5) is 16.3. The summed E-state index contributed by atoms with van der Waals surface area (Å²) in [5.74, 6) is 0.251. The lowest BCUT2D eigenvalue weighted by Crippen LogP contribution is -2.35. The molecule has 1 aromatic rings. The third-order valence-electron chi connectivity index (χ3n) is 3.44. The van der Waals surface area contributed by atoms with E-state index >= 15 is 0 Å². The van der Waals surface area contributed by atoms with Crippen LogP contribution < -0.4 is 0 Å². The largest absolute Gasteiger partial charge is 0.341 e. The molecule has 0 bridgehead atoms. The molecule has 17 heavy (non-hydrogen) atoms. The Morgan fingerprint density at radius 1 is 1.35 bits per heavy atom. The summed E-state index contributed by atoms with van der Waals surface area (Å²) < 4.78 is 0. The Morgan fingerprint density at radius 2 is 2.06 bits per heavy atom. The molecule has 1 fully saturated rings. The van der Waals surface area contributed by atoms with Crippen molar-refractivity contribution in [1.29, 1.82) is 0 Å². The molecule has 1 aliphatic rings. The second kappa shape index (κ2) is 5.32. The molecule has 2 rings (SSSR count). The van der Waals surface area contributed by atoms with Gasteiger partial charge in [0.2, 0.25) is 5.91 Å². The third-order valence-corrected chi connectivity index (χ3v) is 3.44. The Labute approximate surface area is 103 Å². The van der Waals surface area contributed by atoms with E-state index in [0.717, 1.165) is 25.1 Å². The number of rotatable bonds is 3. The van der Waals surface area contributed by atoms with Crippen molar-refractivity contribution in [3.8, 4) is 0 Å². The first-order valence-electron chi connectivity index (χ1n) is 6.15. The van der Waals surface area contributed by atoms with Crippen LogP contribution in [0.1, 0.15) is 12.0 Å². The summed E-state index contributed by atoms with van der Waals surface area (Å²) in [6, 6.07) is 10.5. The van der Waals surface area contributed by atoms with Crippen LogP contribution in [0.5, 0.6) is 0 Å². The zero-order valence-corrected chi connectivity index (χ0v) is 10.6. The van der Waals surface area contributed by atoms with E-state index in [1.807, 2.05) is 35.2 Å². The van der Waals surface area contributed by atoms with Gasteiger partial charge in [0, 0.05) is 19.1 Å². The van der Waals surface area contributed by atoms with Gasteiger partial charge in [-0.05, 0) is 26.1 Å². The first-order valence-corrected chi connectivity index (χ1v) is 6.15. The normalized spacial score (nSPS) is 19.9. The summed E-state index contributed by atoms with van der Waals surface area (Å²) >= 11 is 0. The molecule has 3 nitrogen and oxygen atoms in total. The maximum absolute atomic E-state index is 12.1. The van der Waals surface area contributed by atoms with E-state index in [1.54, 1.807) is 0 Å². The minimum atomic E-state index is 0.251. The van der Waals surface area contributed by atoms with Gasteiger partial charge in [-0.3, -0.25) is 4.79 Å². The molecule has 0 spiro atoms. The van der Waals surface area contributed by atoms with Gasteiger partial charge in [0.05, 0.1) is 6.42 Å². The molecule has 3 heteroatoms. The van der Waals surface area contributed by atoms with Crippen molar-refractivity contribution in [2.24, 2.45) is 0 Å². The van der Waals surface area contributed by atoms with E-state index in [-0.39, 0.29) is 5.91 Å². The fourth-order valence-electron chi connectivity index (χ4n) is 2.27. The predicted molar refractivity (Wildman–Crippen MR) is 68.8 cm³/mol. The van der Waals surface area contributed by atoms with E-state index in [0.29, 0.717) is 12.5 Å². The quantitative estimate of drug-likeness (QED) is 0.786. The van der Waals surface area contributed by atoms with E-state index in [2.05, 4.69) is 19.0 Å². The molecule has 1 aromatic carbocycles. The number of amides is 1. The maximum Gasteiger partial charge on any atom is 0.227 e. The van der Waals surface area contributed by atoms with Gasteiger partial charge in [-0.25, -0.2) is 0 Å². The average molecular weight is 232 g/mol. The number of likely N-dealkylation sites (tertiary alicyclic amines) is 1. The van der Waals surface area contributed by atoms with Crippen LogP contribution >= 0.6 is 0 Å². The van der Waals surface area contributed by atoms with E-state index in [9.17, 15) is 4.79 Å². The van der Waals surface area contributed by atoms with Crippen LogP contribution in [0.25, 0.3) is 0 Å². The SMILES string of the molecule is CN(C)[C@H]1CCN(C(=O)Cc2ccccc2)C1. The number of carbonyl (C=O) groups is 1. The zero-order valence-electron chi connectivity index (χ0n) is 10.6. The first-order chi connectivity index (χ1) is 8.16. The Balaban J connectivity index is 1.90. The van der Waals surface area contributed by atoms with Gasteiger partial charge in [0.15, 0.2) is 0 Å². The van der Waals surface area contributed by atoms with Crippen LogP contribution in [0.4, 0.5) is 0 Å². The van der Waals surface area contributed by atoms with Crippen molar-refractivity contribution in [2.75, 3.05) is 27.2 Å². The second-order valence-electron chi connectivity index (χ2n) is 4.91. The molecule has 92 valence electrons. The summed E-state index contributed by atoms with van der Waals surface area (Å²) in [6.07, 6.45) is 1.62. The molecule has 0 saturated carbocycles. The maximum atomic E-state index is 12.1. The van der Waals surface area contributed by atoms with Crippen molar-refractivity contribution in [3.63, 3.8) is 0 Å². The Kier molecular flexibility index (Phi) is 3.79. The third kappa shape index (κ3) is 3.07. The molecule has 1 aliphatic heterocycles. The highest BCUT2D eigenvalue weighted by atomic mass is 16.2. The molecule has 0 N–H and O–H groups in total. The lowest BCUT2D eigenvalue weighted by molar-refractivity contribution is -0.129. The van der Waals surface area contributed by atoms with Gasteiger partial charge >= 0.3 is 0 Å². The molecular formula is C14H20N2O. The Hall–Kier alpha value is -1.35. The molecule has 1 atom stereocenters. The number of benzene rings is 1. The summed E-state index contributed by atoms with van der Waals surface area (Å²) in [5, 5.41) is 0. The highest BCUT2D eigenvalue weighted by Gasteiger charge is 2.27. The number of hydrogen-bond donors (Lipinski definition) is 0. The average Bonchev–Trinajstić information content (AvgIpc) is 2.79. The smallest absolute Gasteiger partial charge is 0.227 e. The predicted octanol–water partition coefficient (Wildman–Crippen LogP) is 1.39. The van der Waals surface area contributed by atoms with Gasteiger partial charge in [-0.2, -0.15) is 0 Å². The molecule has 0 unspecified atom stereocenters. The lowest BCUT2D eigenvalue weighted by Gasteiger charge is -2.20. The Morgan fingerprint density at radius 3 is 2.65 bits per heavy atom. The van der Waals surface area contributed by atoms with Gasteiger partial charge in [0.1, 0.15) is 0 Å². The van der Waals surface area contributed by atoms with Crippen molar-refractivity contribution < 1.29 is 4.79 Å².